The molecule has 0 saturated carbocycles. The van der Waals surface area contributed by atoms with Crippen LogP contribution in [-0.4, -0.2) is 43.2 Å². The minimum atomic E-state index is -0.681. The average molecular weight is 381 g/mol. The van der Waals surface area contributed by atoms with Crippen molar-refractivity contribution in [3.05, 3.63) is 65.9 Å². The highest BCUT2D eigenvalue weighted by atomic mass is 16.5. The molecule has 148 valence electrons. The van der Waals surface area contributed by atoms with Crippen LogP contribution in [0.1, 0.15) is 24.4 Å². The summed E-state index contributed by atoms with van der Waals surface area (Å²) in [5.41, 5.74) is 1.68. The summed E-state index contributed by atoms with van der Waals surface area (Å²) >= 11 is 0. The second kappa shape index (κ2) is 9.28. The zero-order valence-corrected chi connectivity index (χ0v) is 16.6. The molecule has 3 rings (SSSR count). The van der Waals surface area contributed by atoms with Crippen LogP contribution < -0.4 is 10.1 Å². The fourth-order valence-corrected chi connectivity index (χ4v) is 3.00. The number of hydrogen-bond acceptors (Lipinski definition) is 4. The number of rotatable bonds is 7. The molecule has 6 heteroatoms. The molecule has 1 unspecified atom stereocenters. The summed E-state index contributed by atoms with van der Waals surface area (Å²) in [6.07, 6.45) is -0.681. The summed E-state index contributed by atoms with van der Waals surface area (Å²) in [4.78, 5) is 6.58. The molecule has 0 radical (unpaired) electrons. The van der Waals surface area contributed by atoms with Crippen LogP contribution in [0.2, 0.25) is 0 Å². The molecular weight excluding hydrogens is 354 g/mol. The van der Waals surface area contributed by atoms with Gasteiger partial charge in [-0.15, -0.1) is 0 Å². The lowest BCUT2D eigenvalue weighted by molar-refractivity contribution is 0.186. The lowest BCUT2D eigenvalue weighted by Crippen LogP contribution is -2.38. The van der Waals surface area contributed by atoms with Crippen molar-refractivity contribution < 1.29 is 14.3 Å². The summed E-state index contributed by atoms with van der Waals surface area (Å²) in [6.45, 7) is 3.60. The number of nitrogens with one attached hydrogen (secondary N) is 1. The van der Waals surface area contributed by atoms with Crippen molar-refractivity contribution in [3.8, 4) is 5.75 Å². The summed E-state index contributed by atoms with van der Waals surface area (Å²) in [5.74, 6) is 2.35. The zero-order chi connectivity index (χ0) is 19.9. The Balaban J connectivity index is 1.67. The third-order valence-corrected chi connectivity index (χ3v) is 4.48. The number of nitrogens with zero attached hydrogens (tertiary/aromatic N) is 2. The fraction of sp³-hybridized carbons (Fsp3) is 0.318. The predicted molar refractivity (Wildman–Crippen MR) is 112 cm³/mol. The number of fused-ring (bicyclic) bond motifs is 1. The Labute approximate surface area is 165 Å². The van der Waals surface area contributed by atoms with Crippen LogP contribution in [0.25, 0.3) is 11.0 Å². The summed E-state index contributed by atoms with van der Waals surface area (Å²) in [5, 5.41) is 14.8. The van der Waals surface area contributed by atoms with Crippen molar-refractivity contribution in [1.82, 2.24) is 10.2 Å². The highest BCUT2D eigenvalue weighted by molar-refractivity contribution is 5.80. The number of guanidine groups is 1. The van der Waals surface area contributed by atoms with E-state index in [9.17, 15) is 5.11 Å². The number of aliphatic hydroxyl groups excluding tert-OH is 1. The molecule has 1 atom stereocenters. The Bertz CT molecular complexity index is 885. The van der Waals surface area contributed by atoms with E-state index in [1.807, 2.05) is 73.5 Å². The molecule has 1 heterocycles. The third-order valence-electron chi connectivity index (χ3n) is 4.48. The normalized spacial score (nSPS) is 12.8. The fourth-order valence-electron chi connectivity index (χ4n) is 3.00. The van der Waals surface area contributed by atoms with Gasteiger partial charge in [-0.05, 0) is 36.8 Å². The average Bonchev–Trinajstić information content (AvgIpc) is 3.13. The van der Waals surface area contributed by atoms with Gasteiger partial charge in [0.05, 0.1) is 26.3 Å². The van der Waals surface area contributed by atoms with Crippen LogP contribution in [0.4, 0.5) is 0 Å². The molecule has 0 bridgehead atoms. The molecule has 6 nitrogen and oxygen atoms in total. The maximum absolute atomic E-state index is 10.5. The smallest absolute Gasteiger partial charge is 0.194 e. The largest absolute Gasteiger partial charge is 0.497 e. The maximum Gasteiger partial charge on any atom is 0.194 e. The number of furan rings is 1. The van der Waals surface area contributed by atoms with E-state index in [1.165, 1.54) is 0 Å². The van der Waals surface area contributed by atoms with Gasteiger partial charge in [-0.3, -0.25) is 4.99 Å². The Kier molecular flexibility index (Phi) is 6.55. The summed E-state index contributed by atoms with van der Waals surface area (Å²) in [6, 6.07) is 17.4. The Morgan fingerprint density at radius 2 is 1.96 bits per heavy atom. The van der Waals surface area contributed by atoms with Crippen LogP contribution in [0.3, 0.4) is 0 Å². The van der Waals surface area contributed by atoms with E-state index in [0.29, 0.717) is 6.54 Å². The monoisotopic (exact) mass is 381 g/mol. The summed E-state index contributed by atoms with van der Waals surface area (Å²) < 4.78 is 11.1. The van der Waals surface area contributed by atoms with E-state index < -0.39 is 6.10 Å². The van der Waals surface area contributed by atoms with Crippen molar-refractivity contribution in [2.45, 2.75) is 19.6 Å². The first-order valence-electron chi connectivity index (χ1n) is 9.39. The van der Waals surface area contributed by atoms with Crippen molar-refractivity contribution in [2.24, 2.45) is 4.99 Å². The first-order chi connectivity index (χ1) is 13.6. The van der Waals surface area contributed by atoms with Gasteiger partial charge in [-0.25, -0.2) is 0 Å². The molecule has 0 fully saturated rings. The Morgan fingerprint density at radius 3 is 2.64 bits per heavy atom. The van der Waals surface area contributed by atoms with Crippen molar-refractivity contribution in [1.29, 1.82) is 0 Å². The molecule has 0 aliphatic carbocycles. The van der Waals surface area contributed by atoms with Gasteiger partial charge in [0.25, 0.3) is 0 Å². The molecule has 2 aromatic carbocycles. The van der Waals surface area contributed by atoms with Crippen LogP contribution in [-0.2, 0) is 6.54 Å². The molecule has 0 aliphatic rings. The number of hydrogen-bond donors (Lipinski definition) is 2. The number of benzene rings is 2. The molecular formula is C22H27N3O3. The van der Waals surface area contributed by atoms with Gasteiger partial charge >= 0.3 is 0 Å². The van der Waals surface area contributed by atoms with Gasteiger partial charge in [0, 0.05) is 19.0 Å². The highest BCUT2D eigenvalue weighted by Crippen LogP contribution is 2.20. The van der Waals surface area contributed by atoms with Crippen LogP contribution >= 0.6 is 0 Å². The van der Waals surface area contributed by atoms with E-state index >= 15 is 0 Å². The van der Waals surface area contributed by atoms with E-state index in [4.69, 9.17) is 9.15 Å². The zero-order valence-electron chi connectivity index (χ0n) is 16.6. The molecule has 0 saturated heterocycles. The molecule has 3 aromatic rings. The van der Waals surface area contributed by atoms with E-state index in [0.717, 1.165) is 40.5 Å². The van der Waals surface area contributed by atoms with Gasteiger partial charge < -0.3 is 24.5 Å². The summed E-state index contributed by atoms with van der Waals surface area (Å²) in [7, 11) is 3.57. The Hall–Kier alpha value is -2.99. The van der Waals surface area contributed by atoms with Crippen molar-refractivity contribution >= 4 is 16.9 Å². The van der Waals surface area contributed by atoms with Gasteiger partial charge in [0.2, 0.25) is 0 Å². The predicted octanol–water partition coefficient (Wildman–Crippen LogP) is 3.57. The third kappa shape index (κ3) is 4.84. The Morgan fingerprint density at radius 1 is 1.21 bits per heavy atom. The van der Waals surface area contributed by atoms with Gasteiger partial charge in [-0.1, -0.05) is 30.3 Å². The number of ether oxygens (including phenoxy) is 1. The first kappa shape index (κ1) is 19.8. The maximum atomic E-state index is 10.5. The number of aliphatic imine (C=N–C) groups is 1. The lowest BCUT2D eigenvalue weighted by atomic mass is 10.1. The minimum Gasteiger partial charge on any atom is -0.497 e. The lowest BCUT2D eigenvalue weighted by Gasteiger charge is -2.21. The molecule has 0 amide bonds. The standard InChI is InChI=1S/C22H27N3O3/c1-4-23-22(24-14-20(26)16-9-11-18(27-3)12-10-16)25(2)15-19-13-17-7-5-6-8-21(17)28-19/h5-13,20,26H,4,14-15H2,1-3H3,(H,23,24). The number of para-hydroxylation sites is 1. The van der Waals surface area contributed by atoms with Crippen LogP contribution in [0.15, 0.2) is 64.0 Å². The second-order valence-electron chi connectivity index (χ2n) is 6.59. The van der Waals surface area contributed by atoms with Gasteiger partial charge in [-0.2, -0.15) is 0 Å². The highest BCUT2D eigenvalue weighted by Gasteiger charge is 2.12. The van der Waals surface area contributed by atoms with E-state index in [2.05, 4.69) is 10.3 Å². The topological polar surface area (TPSA) is 70.2 Å². The number of aliphatic hydroxyl groups is 1. The van der Waals surface area contributed by atoms with E-state index in [-0.39, 0.29) is 6.54 Å². The second-order valence-corrected chi connectivity index (χ2v) is 6.59. The van der Waals surface area contributed by atoms with E-state index in [1.54, 1.807) is 7.11 Å². The van der Waals surface area contributed by atoms with Crippen LogP contribution in [0.5, 0.6) is 5.75 Å². The van der Waals surface area contributed by atoms with Crippen molar-refractivity contribution in [2.75, 3.05) is 27.2 Å². The van der Waals surface area contributed by atoms with Crippen LogP contribution in [0, 0.1) is 0 Å². The molecule has 0 spiro atoms. The molecule has 0 aliphatic heterocycles. The quantitative estimate of drug-likeness (QED) is 0.484. The number of methoxy groups -OCH3 is 1. The first-order valence-corrected chi connectivity index (χ1v) is 9.39. The minimum absolute atomic E-state index is 0.263. The van der Waals surface area contributed by atoms with Gasteiger partial charge in [0.15, 0.2) is 5.96 Å². The SMILES string of the molecule is CCNC(=NCC(O)c1ccc(OC)cc1)N(C)Cc1cc2ccccc2o1. The van der Waals surface area contributed by atoms with Gasteiger partial charge in [0.1, 0.15) is 17.1 Å². The molecule has 1 aromatic heterocycles. The molecule has 28 heavy (non-hydrogen) atoms. The van der Waals surface area contributed by atoms with Crippen molar-refractivity contribution in [3.63, 3.8) is 0 Å². The molecule has 2 N–H and O–H groups in total.